The summed E-state index contributed by atoms with van der Waals surface area (Å²) in [4.78, 5) is 28.4. The van der Waals surface area contributed by atoms with E-state index in [0.29, 0.717) is 18.7 Å². The number of aromatic nitrogens is 1. The molecule has 2 aromatic heterocycles. The van der Waals surface area contributed by atoms with E-state index >= 15 is 0 Å². The van der Waals surface area contributed by atoms with Crippen LogP contribution in [0.1, 0.15) is 12.1 Å². The van der Waals surface area contributed by atoms with E-state index < -0.39 is 18.0 Å². The van der Waals surface area contributed by atoms with Crippen molar-refractivity contribution in [1.82, 2.24) is 4.98 Å². The zero-order chi connectivity index (χ0) is 13.9. The molecule has 1 atom stereocenters. The number of nitrogens with zero attached hydrogens (tertiary/aromatic N) is 1. The highest BCUT2D eigenvalue weighted by molar-refractivity contribution is 7.20. The van der Waals surface area contributed by atoms with Crippen LogP contribution in [0.15, 0.2) is 22.9 Å². The third-order valence-corrected chi connectivity index (χ3v) is 4.70. The highest BCUT2D eigenvalue weighted by Gasteiger charge is 2.30. The molecule has 0 aromatic carbocycles. The van der Waals surface area contributed by atoms with Crippen LogP contribution >= 0.6 is 22.7 Å². The molecule has 20 heavy (non-hydrogen) atoms. The van der Waals surface area contributed by atoms with Crippen molar-refractivity contribution in [3.63, 3.8) is 0 Å². The van der Waals surface area contributed by atoms with Crippen LogP contribution in [0.4, 0.5) is 0 Å². The number of hydrogen-bond donors (Lipinski definition) is 0. The molecule has 7 heteroatoms. The van der Waals surface area contributed by atoms with E-state index in [0.717, 1.165) is 9.88 Å². The summed E-state index contributed by atoms with van der Waals surface area (Å²) in [6, 6.07) is 3.95. The Morgan fingerprint density at radius 3 is 3.10 bits per heavy atom. The van der Waals surface area contributed by atoms with E-state index in [1.807, 2.05) is 22.9 Å². The maximum atomic E-state index is 11.7. The summed E-state index contributed by atoms with van der Waals surface area (Å²) in [5.74, 6) is -0.909. The largest absolute Gasteiger partial charge is 0.463 e. The van der Waals surface area contributed by atoms with E-state index in [4.69, 9.17) is 9.47 Å². The van der Waals surface area contributed by atoms with Crippen LogP contribution < -0.4 is 0 Å². The maximum Gasteiger partial charge on any atom is 0.347 e. The van der Waals surface area contributed by atoms with Crippen LogP contribution in [0.3, 0.4) is 0 Å². The fourth-order valence-corrected chi connectivity index (χ4v) is 3.47. The lowest BCUT2D eigenvalue weighted by Crippen LogP contribution is -2.23. The Labute approximate surface area is 123 Å². The highest BCUT2D eigenvalue weighted by Crippen LogP contribution is 2.28. The molecule has 3 rings (SSSR count). The fraction of sp³-hybridized carbons (Fsp3) is 0.308. The van der Waals surface area contributed by atoms with Gasteiger partial charge in [0, 0.05) is 11.8 Å². The Balaban J connectivity index is 1.60. The van der Waals surface area contributed by atoms with Crippen molar-refractivity contribution in [3.8, 4) is 9.88 Å². The summed E-state index contributed by atoms with van der Waals surface area (Å²) >= 11 is 3.10. The zero-order valence-electron chi connectivity index (χ0n) is 10.4. The van der Waals surface area contributed by atoms with E-state index in [9.17, 15) is 9.59 Å². The molecule has 3 heterocycles. The Morgan fingerprint density at radius 2 is 2.40 bits per heavy atom. The zero-order valence-corrected chi connectivity index (χ0v) is 12.0. The van der Waals surface area contributed by atoms with Gasteiger partial charge in [-0.2, -0.15) is 0 Å². The Morgan fingerprint density at radius 1 is 1.50 bits per heavy atom. The number of carbonyl (C=O) groups is 2. The Hall–Kier alpha value is -1.73. The number of cyclic esters (lactones) is 1. The van der Waals surface area contributed by atoms with Crippen molar-refractivity contribution in [1.29, 1.82) is 0 Å². The predicted octanol–water partition coefficient (Wildman–Crippen LogP) is 2.27. The van der Waals surface area contributed by atoms with Gasteiger partial charge in [-0.15, -0.1) is 22.7 Å². The van der Waals surface area contributed by atoms with Crippen molar-refractivity contribution in [2.45, 2.75) is 18.9 Å². The number of thiazole rings is 1. The molecule has 104 valence electrons. The average Bonchev–Trinajstić information content (AvgIpc) is 3.12. The van der Waals surface area contributed by atoms with Crippen LogP contribution in [0.2, 0.25) is 0 Å². The lowest BCUT2D eigenvalue weighted by Gasteiger charge is -2.06. The Bertz CT molecular complexity index is 620. The molecule has 0 amide bonds. The van der Waals surface area contributed by atoms with Gasteiger partial charge in [-0.05, 0) is 11.4 Å². The quantitative estimate of drug-likeness (QED) is 0.811. The molecule has 0 aliphatic carbocycles. The van der Waals surface area contributed by atoms with Crippen molar-refractivity contribution < 1.29 is 19.1 Å². The molecular formula is C13H11NO4S2. The van der Waals surface area contributed by atoms with Gasteiger partial charge < -0.3 is 9.47 Å². The lowest BCUT2D eigenvalue weighted by atomic mass is 10.3. The molecule has 1 saturated heterocycles. The lowest BCUT2D eigenvalue weighted by molar-refractivity contribution is -0.159. The first kappa shape index (κ1) is 13.3. The first-order valence-electron chi connectivity index (χ1n) is 6.07. The van der Waals surface area contributed by atoms with Crippen LogP contribution in [0.5, 0.6) is 0 Å². The molecule has 0 saturated carbocycles. The third kappa shape index (κ3) is 2.88. The molecule has 0 spiro atoms. The van der Waals surface area contributed by atoms with Crippen LogP contribution in [-0.2, 0) is 25.5 Å². The first-order chi connectivity index (χ1) is 9.72. The van der Waals surface area contributed by atoms with Gasteiger partial charge in [0.05, 0.1) is 23.6 Å². The molecule has 0 bridgehead atoms. The minimum absolute atomic E-state index is 0.0751. The SMILES string of the molecule is O=C(Cc1csc(-c2cccs2)n1)O[C@H]1CCOC1=O. The van der Waals surface area contributed by atoms with Gasteiger partial charge in [0.15, 0.2) is 0 Å². The van der Waals surface area contributed by atoms with Crippen LogP contribution in [0.25, 0.3) is 9.88 Å². The number of carbonyl (C=O) groups excluding carboxylic acids is 2. The molecular weight excluding hydrogens is 298 g/mol. The van der Waals surface area contributed by atoms with Crippen LogP contribution in [0, 0.1) is 0 Å². The van der Waals surface area contributed by atoms with E-state index in [1.54, 1.807) is 11.3 Å². The number of hydrogen-bond acceptors (Lipinski definition) is 7. The first-order valence-corrected chi connectivity index (χ1v) is 7.83. The summed E-state index contributed by atoms with van der Waals surface area (Å²) in [6.07, 6.45) is -0.244. The van der Waals surface area contributed by atoms with Crippen molar-refractivity contribution in [3.05, 3.63) is 28.6 Å². The second-order valence-electron chi connectivity index (χ2n) is 4.23. The number of ether oxygens (including phenoxy) is 2. The molecule has 1 aliphatic heterocycles. The van der Waals surface area contributed by atoms with Gasteiger partial charge >= 0.3 is 11.9 Å². The summed E-state index contributed by atoms with van der Waals surface area (Å²) in [5.41, 5.74) is 0.662. The summed E-state index contributed by atoms with van der Waals surface area (Å²) in [5, 5.41) is 4.71. The number of thiophene rings is 1. The molecule has 1 aliphatic rings. The molecule has 0 N–H and O–H groups in total. The molecule has 1 fully saturated rings. The van der Waals surface area contributed by atoms with Gasteiger partial charge in [0.1, 0.15) is 5.01 Å². The Kier molecular flexibility index (Phi) is 3.79. The smallest absolute Gasteiger partial charge is 0.347 e. The normalized spacial score (nSPS) is 18.0. The standard InChI is InChI=1S/C13H11NO4S2/c15-11(18-9-3-4-17-13(9)16)6-8-7-20-12(14-8)10-2-1-5-19-10/h1-2,5,7,9H,3-4,6H2/t9-/m0/s1. The van der Waals surface area contributed by atoms with Gasteiger partial charge in [-0.25, -0.2) is 9.78 Å². The molecule has 0 radical (unpaired) electrons. The van der Waals surface area contributed by atoms with E-state index in [1.165, 1.54) is 11.3 Å². The fourth-order valence-electron chi connectivity index (χ4n) is 1.83. The average molecular weight is 309 g/mol. The monoisotopic (exact) mass is 309 g/mol. The molecule has 5 nitrogen and oxygen atoms in total. The highest BCUT2D eigenvalue weighted by atomic mass is 32.1. The third-order valence-electron chi connectivity index (χ3n) is 2.77. The van der Waals surface area contributed by atoms with Crippen molar-refractivity contribution >= 4 is 34.6 Å². The van der Waals surface area contributed by atoms with Gasteiger partial charge in [-0.1, -0.05) is 6.07 Å². The van der Waals surface area contributed by atoms with Crippen molar-refractivity contribution in [2.75, 3.05) is 6.61 Å². The summed E-state index contributed by atoms with van der Waals surface area (Å²) in [6.45, 7) is 0.315. The topological polar surface area (TPSA) is 65.5 Å². The minimum Gasteiger partial charge on any atom is -0.463 e. The second-order valence-corrected chi connectivity index (χ2v) is 6.04. The molecule has 2 aromatic rings. The van der Waals surface area contributed by atoms with Gasteiger partial charge in [-0.3, -0.25) is 4.79 Å². The van der Waals surface area contributed by atoms with Crippen LogP contribution in [-0.4, -0.2) is 29.6 Å². The van der Waals surface area contributed by atoms with Crippen molar-refractivity contribution in [2.24, 2.45) is 0 Å². The second kappa shape index (κ2) is 5.72. The molecule has 0 unspecified atom stereocenters. The van der Waals surface area contributed by atoms with E-state index in [-0.39, 0.29) is 6.42 Å². The minimum atomic E-state index is -0.752. The number of esters is 2. The van der Waals surface area contributed by atoms with Gasteiger partial charge in [0.2, 0.25) is 6.10 Å². The summed E-state index contributed by atoms with van der Waals surface area (Å²) < 4.78 is 9.82. The van der Waals surface area contributed by atoms with E-state index in [2.05, 4.69) is 4.98 Å². The predicted molar refractivity (Wildman–Crippen MR) is 74.6 cm³/mol. The summed E-state index contributed by atoms with van der Waals surface area (Å²) in [7, 11) is 0. The number of rotatable bonds is 4. The van der Waals surface area contributed by atoms with Gasteiger partial charge in [0.25, 0.3) is 0 Å². The maximum absolute atomic E-state index is 11.7.